The highest BCUT2D eigenvalue weighted by Crippen LogP contribution is 2.15. The lowest BCUT2D eigenvalue weighted by molar-refractivity contribution is -0.150. The SMILES string of the molecule is CC/C=C/C=C/C=C\C=C/C=C/CCCCCC(=O)OC(C/C=C/C=C\C=C/C=C/C=C/CC)CC(=O)NC(CO)C(O)CCCCCCCCCCCCC. The van der Waals surface area contributed by atoms with Crippen LogP contribution in [0.4, 0.5) is 0 Å². The molecule has 6 heteroatoms. The van der Waals surface area contributed by atoms with E-state index in [1.165, 1.54) is 51.4 Å². The standard InChI is InChI=1S/C50H79NO5/c1-4-7-10-13-16-19-22-23-24-25-28-31-34-37-40-43-50(55)56-46(41-38-35-32-29-26-20-17-14-11-8-5-2)44-49(54)51-47(45-52)48(53)42-39-36-33-30-27-21-18-15-12-9-6-3/h7-8,10-11,13-14,16-17,19-20,22-26,28-29,32,35,38,46-48,52-53H,4-6,9,12,15,18,21,27,30-31,33-34,36-37,39-45H2,1-3H3,(H,51,54)/b10-7+,11-8+,16-13+,17-14+,22-19-,24-23-,26-20-,28-25+,32-29-,38-35+. The number of unbranched alkanes of at least 4 members (excludes halogenated alkanes) is 13. The Morgan fingerprint density at radius 2 is 1.00 bits per heavy atom. The first-order valence-electron chi connectivity index (χ1n) is 21.9. The maximum absolute atomic E-state index is 13.1. The lowest BCUT2D eigenvalue weighted by Gasteiger charge is -2.24. The first-order valence-corrected chi connectivity index (χ1v) is 21.9. The van der Waals surface area contributed by atoms with E-state index < -0.39 is 18.2 Å². The molecule has 0 heterocycles. The summed E-state index contributed by atoms with van der Waals surface area (Å²) in [5.41, 5.74) is 0. The monoisotopic (exact) mass is 774 g/mol. The van der Waals surface area contributed by atoms with Gasteiger partial charge in [0.25, 0.3) is 0 Å². The molecule has 0 saturated carbocycles. The van der Waals surface area contributed by atoms with Crippen LogP contribution in [0.2, 0.25) is 0 Å². The Kier molecular flexibility index (Phi) is 39.6. The average molecular weight is 774 g/mol. The molecule has 0 fully saturated rings. The van der Waals surface area contributed by atoms with Crippen LogP contribution < -0.4 is 5.32 Å². The summed E-state index contributed by atoms with van der Waals surface area (Å²) in [5.74, 6) is -0.675. The minimum atomic E-state index is -0.831. The first kappa shape index (κ1) is 52.3. The van der Waals surface area contributed by atoms with Crippen molar-refractivity contribution in [3.05, 3.63) is 122 Å². The molecule has 0 rings (SSSR count). The zero-order valence-electron chi connectivity index (χ0n) is 35.5. The molecule has 0 aliphatic heterocycles. The van der Waals surface area contributed by atoms with Crippen LogP contribution >= 0.6 is 0 Å². The summed E-state index contributed by atoms with van der Waals surface area (Å²) in [4.78, 5) is 25.9. The molecule has 3 unspecified atom stereocenters. The van der Waals surface area contributed by atoms with Crippen molar-refractivity contribution in [2.24, 2.45) is 0 Å². The zero-order chi connectivity index (χ0) is 41.0. The molecule has 6 nitrogen and oxygen atoms in total. The molecule has 0 spiro atoms. The van der Waals surface area contributed by atoms with Crippen LogP contribution in [-0.4, -0.2) is 46.9 Å². The van der Waals surface area contributed by atoms with Gasteiger partial charge in [0.1, 0.15) is 6.10 Å². The highest BCUT2D eigenvalue weighted by atomic mass is 16.5. The fraction of sp³-hybridized carbons (Fsp3) is 0.560. The van der Waals surface area contributed by atoms with Crippen molar-refractivity contribution >= 4 is 11.9 Å². The van der Waals surface area contributed by atoms with E-state index in [9.17, 15) is 19.8 Å². The maximum Gasteiger partial charge on any atom is 0.306 e. The van der Waals surface area contributed by atoms with Crippen molar-refractivity contribution < 1.29 is 24.5 Å². The number of carbonyl (C=O) groups excluding carboxylic acids is 2. The molecule has 0 radical (unpaired) electrons. The summed E-state index contributed by atoms with van der Waals surface area (Å²) in [7, 11) is 0. The molecule has 0 aliphatic carbocycles. The molecule has 0 aliphatic rings. The van der Waals surface area contributed by atoms with Crippen LogP contribution in [0, 0.1) is 0 Å². The first-order chi connectivity index (χ1) is 27.5. The molecule has 0 aromatic heterocycles. The van der Waals surface area contributed by atoms with Gasteiger partial charge in [-0.3, -0.25) is 9.59 Å². The number of allylic oxidation sites excluding steroid dienone is 19. The second-order valence-corrected chi connectivity index (χ2v) is 14.2. The van der Waals surface area contributed by atoms with Gasteiger partial charge >= 0.3 is 5.97 Å². The molecule has 3 N–H and O–H groups in total. The predicted molar refractivity (Wildman–Crippen MR) is 240 cm³/mol. The Hall–Kier alpha value is -3.74. The number of nitrogens with one attached hydrogen (secondary N) is 1. The van der Waals surface area contributed by atoms with Gasteiger partial charge in [-0.15, -0.1) is 0 Å². The number of aliphatic hydroxyl groups excluding tert-OH is 2. The van der Waals surface area contributed by atoms with Crippen molar-refractivity contribution in [2.45, 2.75) is 174 Å². The smallest absolute Gasteiger partial charge is 0.306 e. The third kappa shape index (κ3) is 37.2. The van der Waals surface area contributed by atoms with E-state index >= 15 is 0 Å². The number of hydrogen-bond acceptors (Lipinski definition) is 5. The summed E-state index contributed by atoms with van der Waals surface area (Å²) in [6, 6.07) is -0.755. The maximum atomic E-state index is 13.1. The van der Waals surface area contributed by atoms with E-state index in [-0.39, 0.29) is 24.9 Å². The summed E-state index contributed by atoms with van der Waals surface area (Å²) in [5, 5.41) is 23.5. The largest absolute Gasteiger partial charge is 0.461 e. The number of ether oxygens (including phenoxy) is 1. The van der Waals surface area contributed by atoms with Gasteiger partial charge in [-0.05, 0) is 38.5 Å². The third-order valence-electron chi connectivity index (χ3n) is 9.04. The zero-order valence-corrected chi connectivity index (χ0v) is 35.5. The van der Waals surface area contributed by atoms with E-state index in [0.717, 1.165) is 51.4 Å². The van der Waals surface area contributed by atoms with Gasteiger partial charge in [0.2, 0.25) is 5.91 Å². The quantitative estimate of drug-likeness (QED) is 0.0335. The molecule has 314 valence electrons. The third-order valence-corrected chi connectivity index (χ3v) is 9.04. The summed E-state index contributed by atoms with van der Waals surface area (Å²) >= 11 is 0. The summed E-state index contributed by atoms with van der Waals surface area (Å²) in [6.07, 6.45) is 58.5. The van der Waals surface area contributed by atoms with E-state index in [1.54, 1.807) is 0 Å². The molecule has 0 aromatic rings. The van der Waals surface area contributed by atoms with E-state index in [0.29, 0.717) is 25.7 Å². The number of carbonyl (C=O) groups is 2. The van der Waals surface area contributed by atoms with Crippen LogP contribution in [0.25, 0.3) is 0 Å². The van der Waals surface area contributed by atoms with Gasteiger partial charge in [-0.2, -0.15) is 0 Å². The van der Waals surface area contributed by atoms with Crippen LogP contribution in [-0.2, 0) is 14.3 Å². The highest BCUT2D eigenvalue weighted by molar-refractivity contribution is 5.77. The van der Waals surface area contributed by atoms with E-state index in [4.69, 9.17) is 4.74 Å². The van der Waals surface area contributed by atoms with Crippen molar-refractivity contribution in [1.29, 1.82) is 0 Å². The van der Waals surface area contributed by atoms with Crippen LogP contribution in [0.5, 0.6) is 0 Å². The van der Waals surface area contributed by atoms with Crippen molar-refractivity contribution in [3.8, 4) is 0 Å². The van der Waals surface area contributed by atoms with Crippen LogP contribution in [0.3, 0.4) is 0 Å². The van der Waals surface area contributed by atoms with Crippen LogP contribution in [0.15, 0.2) is 122 Å². The van der Waals surface area contributed by atoms with E-state index in [1.807, 2.05) is 103 Å². The summed E-state index contributed by atoms with van der Waals surface area (Å²) in [6.45, 7) is 6.10. The van der Waals surface area contributed by atoms with Gasteiger partial charge in [-0.1, -0.05) is 219 Å². The minimum absolute atomic E-state index is 0.0445. The predicted octanol–water partition coefficient (Wildman–Crippen LogP) is 12.5. The Labute approximate surface area is 342 Å². The topological polar surface area (TPSA) is 95.9 Å². The number of esters is 1. The average Bonchev–Trinajstić information content (AvgIpc) is 3.19. The Morgan fingerprint density at radius 3 is 1.50 bits per heavy atom. The van der Waals surface area contributed by atoms with Gasteiger partial charge in [-0.25, -0.2) is 0 Å². The Balaban J connectivity index is 4.86. The summed E-state index contributed by atoms with van der Waals surface area (Å²) < 4.78 is 5.78. The Bertz CT molecular complexity index is 1230. The fourth-order valence-corrected chi connectivity index (χ4v) is 5.76. The van der Waals surface area contributed by atoms with Crippen molar-refractivity contribution in [2.75, 3.05) is 6.61 Å². The molecule has 0 saturated heterocycles. The molecule has 56 heavy (non-hydrogen) atoms. The van der Waals surface area contributed by atoms with Gasteiger partial charge in [0.05, 0.1) is 25.2 Å². The second kappa shape index (κ2) is 42.4. The Morgan fingerprint density at radius 1 is 0.554 bits per heavy atom. The number of aliphatic hydroxyl groups is 2. The molecule has 1 amide bonds. The lowest BCUT2D eigenvalue weighted by Crippen LogP contribution is -2.46. The molecule has 0 aromatic carbocycles. The fourth-order valence-electron chi connectivity index (χ4n) is 5.76. The number of hydrogen-bond donors (Lipinski definition) is 3. The second-order valence-electron chi connectivity index (χ2n) is 14.2. The molecular weight excluding hydrogens is 695 g/mol. The molecule has 0 bridgehead atoms. The number of rotatable bonds is 36. The van der Waals surface area contributed by atoms with Crippen LogP contribution in [0.1, 0.15) is 156 Å². The molecule has 3 atom stereocenters. The van der Waals surface area contributed by atoms with Crippen molar-refractivity contribution in [3.63, 3.8) is 0 Å². The minimum Gasteiger partial charge on any atom is -0.461 e. The number of amides is 1. The van der Waals surface area contributed by atoms with Gasteiger partial charge < -0.3 is 20.3 Å². The van der Waals surface area contributed by atoms with Gasteiger partial charge in [0.15, 0.2) is 0 Å². The van der Waals surface area contributed by atoms with Gasteiger partial charge in [0, 0.05) is 12.8 Å². The van der Waals surface area contributed by atoms with E-state index in [2.05, 4.69) is 44.3 Å². The normalized spacial score (nSPS) is 14.6. The lowest BCUT2D eigenvalue weighted by atomic mass is 10.0. The van der Waals surface area contributed by atoms with Crippen molar-refractivity contribution in [1.82, 2.24) is 5.32 Å². The molecular formula is C50H79NO5. The highest BCUT2D eigenvalue weighted by Gasteiger charge is 2.23.